The smallest absolute Gasteiger partial charge is 0.329 e. The topological polar surface area (TPSA) is 46.6 Å². The minimum atomic E-state index is -0.504. The van der Waals surface area contributed by atoms with Crippen molar-refractivity contribution in [2.75, 3.05) is 6.61 Å². The molecule has 0 saturated carbocycles. The van der Waals surface area contributed by atoms with Crippen LogP contribution in [0.2, 0.25) is 0 Å². The fourth-order valence-corrected chi connectivity index (χ4v) is 2.80. The van der Waals surface area contributed by atoms with E-state index in [9.17, 15) is 9.59 Å². The number of nitrogens with zero attached hydrogens (tertiary/aromatic N) is 1. The first kappa shape index (κ1) is 15.1. The summed E-state index contributed by atoms with van der Waals surface area (Å²) in [5, 5.41) is 1.77. The number of amides is 1. The Bertz CT molecular complexity index is 341. The van der Waals surface area contributed by atoms with Crippen LogP contribution in [0.15, 0.2) is 11.6 Å². The van der Waals surface area contributed by atoms with Gasteiger partial charge < -0.3 is 9.64 Å². The minimum absolute atomic E-state index is 0.00240. The summed E-state index contributed by atoms with van der Waals surface area (Å²) in [5.74, 6) is -0.0838. The predicted octanol–water partition coefficient (Wildman–Crippen LogP) is 2.40. The van der Waals surface area contributed by atoms with E-state index in [-0.39, 0.29) is 23.0 Å². The second-order valence-electron chi connectivity index (χ2n) is 4.51. The molecule has 18 heavy (non-hydrogen) atoms. The normalized spacial score (nSPS) is 21.3. The average Bonchev–Trinajstić information content (AvgIpc) is 2.32. The molecule has 0 saturated heterocycles. The maximum atomic E-state index is 12.3. The Hall–Kier alpha value is -0.970. The number of hydrogen-bond donors (Lipinski definition) is 0. The van der Waals surface area contributed by atoms with Crippen LogP contribution in [0, 0.1) is 5.92 Å². The predicted molar refractivity (Wildman–Crippen MR) is 72.9 cm³/mol. The molecule has 102 valence electrons. The van der Waals surface area contributed by atoms with Gasteiger partial charge in [0.15, 0.2) is 0 Å². The van der Waals surface area contributed by atoms with Crippen LogP contribution >= 0.6 is 11.8 Å². The third kappa shape index (κ3) is 3.28. The van der Waals surface area contributed by atoms with Gasteiger partial charge in [0.1, 0.15) is 6.04 Å². The molecule has 1 amide bonds. The molecule has 0 aromatic rings. The highest BCUT2D eigenvalue weighted by Crippen LogP contribution is 2.29. The van der Waals surface area contributed by atoms with Crippen molar-refractivity contribution < 1.29 is 14.3 Å². The first-order chi connectivity index (χ1) is 8.52. The van der Waals surface area contributed by atoms with Crippen molar-refractivity contribution in [1.29, 1.82) is 0 Å². The van der Waals surface area contributed by atoms with Gasteiger partial charge in [-0.3, -0.25) is 4.79 Å². The Morgan fingerprint density at radius 2 is 2.17 bits per heavy atom. The van der Waals surface area contributed by atoms with Crippen molar-refractivity contribution in [3.05, 3.63) is 11.6 Å². The molecule has 0 spiro atoms. The van der Waals surface area contributed by atoms with E-state index < -0.39 is 6.04 Å². The highest BCUT2D eigenvalue weighted by Gasteiger charge is 2.35. The van der Waals surface area contributed by atoms with Gasteiger partial charge in [-0.2, -0.15) is 0 Å². The third-order valence-corrected chi connectivity index (χ3v) is 4.15. The summed E-state index contributed by atoms with van der Waals surface area (Å²) in [4.78, 5) is 25.7. The molecule has 0 aromatic heterocycles. The van der Waals surface area contributed by atoms with Gasteiger partial charge in [0.25, 0.3) is 0 Å². The second kappa shape index (κ2) is 6.83. The Morgan fingerprint density at radius 1 is 1.50 bits per heavy atom. The van der Waals surface area contributed by atoms with Crippen LogP contribution in [0.4, 0.5) is 0 Å². The van der Waals surface area contributed by atoms with E-state index in [1.165, 1.54) is 16.7 Å². The van der Waals surface area contributed by atoms with Gasteiger partial charge in [-0.25, -0.2) is 4.79 Å². The lowest BCUT2D eigenvalue weighted by Crippen LogP contribution is -2.48. The number of rotatable bonds is 5. The first-order valence-corrected chi connectivity index (χ1v) is 7.28. The van der Waals surface area contributed by atoms with Gasteiger partial charge in [-0.15, -0.1) is 11.8 Å². The number of thioether (sulfide) groups is 1. The van der Waals surface area contributed by atoms with E-state index in [2.05, 4.69) is 0 Å². The van der Waals surface area contributed by atoms with E-state index >= 15 is 0 Å². The fourth-order valence-electron chi connectivity index (χ4n) is 1.88. The minimum Gasteiger partial charge on any atom is -0.464 e. The molecule has 0 N–H and O–H groups in total. The molecular formula is C13H21NO3S. The Balaban J connectivity index is 2.86. The van der Waals surface area contributed by atoms with Crippen LogP contribution in [0.3, 0.4) is 0 Å². The van der Waals surface area contributed by atoms with Crippen LogP contribution in [0.5, 0.6) is 0 Å². The SMILES string of the molecule is CCOC(=O)C(CC)N1C=CSC(C(C)C)C1=O. The molecule has 0 aliphatic carbocycles. The number of carbonyl (C=O) groups is 2. The van der Waals surface area contributed by atoms with Crippen molar-refractivity contribution in [2.45, 2.75) is 45.4 Å². The van der Waals surface area contributed by atoms with E-state index in [1.807, 2.05) is 26.2 Å². The molecule has 0 fully saturated rings. The van der Waals surface area contributed by atoms with E-state index in [0.29, 0.717) is 13.0 Å². The molecule has 0 aromatic carbocycles. The second-order valence-corrected chi connectivity index (χ2v) is 5.56. The molecule has 1 heterocycles. The number of hydrogen-bond acceptors (Lipinski definition) is 4. The highest BCUT2D eigenvalue weighted by molar-refractivity contribution is 8.03. The maximum Gasteiger partial charge on any atom is 0.329 e. The fraction of sp³-hybridized carbons (Fsp3) is 0.692. The summed E-state index contributed by atoms with van der Waals surface area (Å²) in [5.41, 5.74) is 0. The van der Waals surface area contributed by atoms with Crippen LogP contribution in [-0.4, -0.2) is 34.7 Å². The summed E-state index contributed by atoms with van der Waals surface area (Å²) in [6.07, 6.45) is 2.25. The molecule has 1 aliphatic rings. The lowest BCUT2D eigenvalue weighted by molar-refractivity contribution is -0.153. The van der Waals surface area contributed by atoms with Crippen LogP contribution in [0.1, 0.15) is 34.1 Å². The largest absolute Gasteiger partial charge is 0.464 e. The van der Waals surface area contributed by atoms with E-state index in [4.69, 9.17) is 4.74 Å². The van der Waals surface area contributed by atoms with Crippen molar-refractivity contribution >= 4 is 23.6 Å². The maximum absolute atomic E-state index is 12.3. The van der Waals surface area contributed by atoms with Crippen LogP contribution in [-0.2, 0) is 14.3 Å². The van der Waals surface area contributed by atoms with Crippen molar-refractivity contribution in [1.82, 2.24) is 4.90 Å². The highest BCUT2D eigenvalue weighted by atomic mass is 32.2. The number of ether oxygens (including phenoxy) is 1. The summed E-state index contributed by atoms with van der Waals surface area (Å²) >= 11 is 1.51. The lowest BCUT2D eigenvalue weighted by Gasteiger charge is -2.33. The number of carbonyl (C=O) groups excluding carboxylic acids is 2. The van der Waals surface area contributed by atoms with E-state index in [0.717, 1.165) is 0 Å². The molecule has 4 nitrogen and oxygen atoms in total. The zero-order chi connectivity index (χ0) is 13.7. The molecule has 2 unspecified atom stereocenters. The Morgan fingerprint density at radius 3 is 2.67 bits per heavy atom. The van der Waals surface area contributed by atoms with Gasteiger partial charge in [-0.1, -0.05) is 20.8 Å². The van der Waals surface area contributed by atoms with Gasteiger partial charge >= 0.3 is 5.97 Å². The van der Waals surface area contributed by atoms with Crippen molar-refractivity contribution in [3.8, 4) is 0 Å². The summed E-state index contributed by atoms with van der Waals surface area (Å²) in [6.45, 7) is 8.01. The number of esters is 1. The third-order valence-electron chi connectivity index (χ3n) is 2.83. The summed E-state index contributed by atoms with van der Waals surface area (Å²) < 4.78 is 5.02. The van der Waals surface area contributed by atoms with E-state index in [1.54, 1.807) is 13.1 Å². The van der Waals surface area contributed by atoms with Gasteiger partial charge in [0.2, 0.25) is 5.91 Å². The molecular weight excluding hydrogens is 250 g/mol. The van der Waals surface area contributed by atoms with Gasteiger partial charge in [0.05, 0.1) is 11.9 Å². The zero-order valence-corrected chi connectivity index (χ0v) is 12.2. The van der Waals surface area contributed by atoms with Gasteiger partial charge in [-0.05, 0) is 24.7 Å². The summed E-state index contributed by atoms with van der Waals surface area (Å²) in [7, 11) is 0. The molecule has 1 aliphatic heterocycles. The van der Waals surface area contributed by atoms with Crippen molar-refractivity contribution in [3.63, 3.8) is 0 Å². The standard InChI is InChI=1S/C13H21NO3S/c1-5-10(13(16)17-6-2)14-7-8-18-11(9(3)4)12(14)15/h7-11H,5-6H2,1-4H3. The Kier molecular flexibility index (Phi) is 5.72. The summed E-state index contributed by atoms with van der Waals surface area (Å²) in [6, 6.07) is -0.504. The zero-order valence-electron chi connectivity index (χ0n) is 11.4. The van der Waals surface area contributed by atoms with Gasteiger partial charge in [0, 0.05) is 6.20 Å². The van der Waals surface area contributed by atoms with Crippen LogP contribution < -0.4 is 0 Å². The van der Waals surface area contributed by atoms with Crippen LogP contribution in [0.25, 0.3) is 0 Å². The quantitative estimate of drug-likeness (QED) is 0.720. The average molecular weight is 271 g/mol. The first-order valence-electron chi connectivity index (χ1n) is 6.33. The molecule has 5 heteroatoms. The molecule has 0 bridgehead atoms. The molecule has 2 atom stereocenters. The molecule has 1 rings (SSSR count). The lowest BCUT2D eigenvalue weighted by atomic mass is 10.1. The monoisotopic (exact) mass is 271 g/mol. The molecule has 0 radical (unpaired) electrons. The van der Waals surface area contributed by atoms with Crippen molar-refractivity contribution in [2.24, 2.45) is 5.92 Å². The Labute approximate surface area is 113 Å².